The Bertz CT molecular complexity index is 1180. The summed E-state index contributed by atoms with van der Waals surface area (Å²) in [7, 11) is 0. The number of H-pyrrole nitrogens is 1. The molecule has 5 rings (SSSR count). The lowest BCUT2D eigenvalue weighted by Crippen LogP contribution is -2.41. The minimum absolute atomic E-state index is 0.000182. The van der Waals surface area contributed by atoms with Gasteiger partial charge in [0.15, 0.2) is 11.6 Å². The van der Waals surface area contributed by atoms with Crippen molar-refractivity contribution in [2.45, 2.75) is 38.6 Å². The zero-order chi connectivity index (χ0) is 21.4. The second-order valence-corrected chi connectivity index (χ2v) is 8.61. The first kappa shape index (κ1) is 19.2. The minimum atomic E-state index is -0.000182. The van der Waals surface area contributed by atoms with E-state index < -0.39 is 0 Å². The Hall–Kier alpha value is -3.75. The average Bonchev–Trinajstić information content (AvgIpc) is 3.38. The van der Waals surface area contributed by atoms with Crippen LogP contribution in [0.1, 0.15) is 44.7 Å². The summed E-state index contributed by atoms with van der Waals surface area (Å²) in [6, 6.07) is 11.6. The third kappa shape index (κ3) is 3.86. The molecule has 4 aromatic heterocycles. The molecule has 1 aliphatic rings. The van der Waals surface area contributed by atoms with Gasteiger partial charge in [0.25, 0.3) is 0 Å². The third-order valence-electron chi connectivity index (χ3n) is 5.35. The molecule has 0 aromatic carbocycles. The van der Waals surface area contributed by atoms with Gasteiger partial charge in [0.05, 0.1) is 11.7 Å². The molecule has 0 radical (unpaired) electrons. The van der Waals surface area contributed by atoms with E-state index >= 15 is 0 Å². The summed E-state index contributed by atoms with van der Waals surface area (Å²) in [5.41, 5.74) is 2.58. The van der Waals surface area contributed by atoms with Crippen LogP contribution in [0.3, 0.4) is 0 Å². The SMILES string of the molecule is CC(C)(C)c1cc(Nc2ccnc(N3CCC3c3cc(-c4ccccn4)no3)n2)n[nH]1. The quantitative estimate of drug-likeness (QED) is 0.497. The number of hydrogen-bond donors (Lipinski definition) is 2. The first-order valence-corrected chi connectivity index (χ1v) is 10.3. The molecule has 9 nitrogen and oxygen atoms in total. The minimum Gasteiger partial charge on any atom is -0.358 e. The Morgan fingerprint density at radius 1 is 1.06 bits per heavy atom. The highest BCUT2D eigenvalue weighted by molar-refractivity contribution is 5.56. The van der Waals surface area contributed by atoms with Gasteiger partial charge in [0, 0.05) is 42.2 Å². The van der Waals surface area contributed by atoms with E-state index in [2.05, 4.69) is 61.3 Å². The Morgan fingerprint density at radius 2 is 1.97 bits per heavy atom. The number of hydrogen-bond acceptors (Lipinski definition) is 8. The molecule has 4 aromatic rings. The number of aromatic nitrogens is 6. The molecule has 1 unspecified atom stereocenters. The van der Waals surface area contributed by atoms with Crippen molar-refractivity contribution in [1.82, 2.24) is 30.3 Å². The van der Waals surface area contributed by atoms with Gasteiger partial charge in [-0.1, -0.05) is 32.0 Å². The lowest BCUT2D eigenvalue weighted by molar-refractivity contribution is 0.315. The summed E-state index contributed by atoms with van der Waals surface area (Å²) in [6.45, 7) is 7.27. The van der Waals surface area contributed by atoms with Gasteiger partial charge in [-0.15, -0.1) is 0 Å². The largest absolute Gasteiger partial charge is 0.358 e. The Morgan fingerprint density at radius 3 is 2.68 bits per heavy atom. The van der Waals surface area contributed by atoms with Crippen LogP contribution in [0.25, 0.3) is 11.4 Å². The summed E-state index contributed by atoms with van der Waals surface area (Å²) >= 11 is 0. The van der Waals surface area contributed by atoms with Gasteiger partial charge in [-0.25, -0.2) is 4.98 Å². The predicted molar refractivity (Wildman–Crippen MR) is 117 cm³/mol. The van der Waals surface area contributed by atoms with E-state index in [-0.39, 0.29) is 11.5 Å². The Balaban J connectivity index is 1.32. The van der Waals surface area contributed by atoms with Crippen molar-refractivity contribution in [3.63, 3.8) is 0 Å². The average molecular weight is 416 g/mol. The molecule has 0 amide bonds. The molecule has 31 heavy (non-hydrogen) atoms. The molecule has 5 heterocycles. The Kier molecular flexibility index (Phi) is 4.65. The molecule has 1 fully saturated rings. The van der Waals surface area contributed by atoms with E-state index in [1.807, 2.05) is 36.4 Å². The molecule has 2 N–H and O–H groups in total. The van der Waals surface area contributed by atoms with E-state index in [9.17, 15) is 0 Å². The second kappa shape index (κ2) is 7.50. The normalized spacial score (nSPS) is 16.2. The summed E-state index contributed by atoms with van der Waals surface area (Å²) in [5, 5.41) is 14.9. The maximum absolute atomic E-state index is 5.62. The van der Waals surface area contributed by atoms with Crippen molar-refractivity contribution in [3.05, 3.63) is 60.2 Å². The highest BCUT2D eigenvalue weighted by Gasteiger charge is 2.35. The van der Waals surface area contributed by atoms with Crippen LogP contribution in [0.2, 0.25) is 0 Å². The molecule has 1 saturated heterocycles. The van der Waals surface area contributed by atoms with E-state index in [1.165, 1.54) is 0 Å². The lowest BCUT2D eigenvalue weighted by atomic mass is 9.92. The van der Waals surface area contributed by atoms with Gasteiger partial charge in [0.2, 0.25) is 5.95 Å². The number of nitrogens with one attached hydrogen (secondary N) is 2. The van der Waals surface area contributed by atoms with Crippen LogP contribution in [0.4, 0.5) is 17.6 Å². The molecule has 0 bridgehead atoms. The van der Waals surface area contributed by atoms with Gasteiger partial charge < -0.3 is 14.7 Å². The van der Waals surface area contributed by atoms with Crippen molar-refractivity contribution < 1.29 is 4.52 Å². The molecular formula is C22H24N8O. The second-order valence-electron chi connectivity index (χ2n) is 8.61. The van der Waals surface area contributed by atoms with Crippen LogP contribution in [-0.2, 0) is 5.41 Å². The monoisotopic (exact) mass is 416 g/mol. The highest BCUT2D eigenvalue weighted by atomic mass is 16.5. The number of nitrogens with zero attached hydrogens (tertiary/aromatic N) is 6. The molecular weight excluding hydrogens is 392 g/mol. The van der Waals surface area contributed by atoms with Crippen molar-refractivity contribution in [1.29, 1.82) is 0 Å². The molecule has 0 saturated carbocycles. The molecule has 1 atom stereocenters. The lowest BCUT2D eigenvalue weighted by Gasteiger charge is -2.39. The van der Waals surface area contributed by atoms with Crippen LogP contribution in [0.5, 0.6) is 0 Å². The maximum Gasteiger partial charge on any atom is 0.227 e. The molecule has 158 valence electrons. The third-order valence-corrected chi connectivity index (χ3v) is 5.35. The summed E-state index contributed by atoms with van der Waals surface area (Å²) in [6.07, 6.45) is 4.44. The number of rotatable bonds is 5. The fourth-order valence-electron chi connectivity index (χ4n) is 3.46. The van der Waals surface area contributed by atoms with Crippen LogP contribution in [-0.4, -0.2) is 36.9 Å². The van der Waals surface area contributed by atoms with Crippen molar-refractivity contribution in [3.8, 4) is 11.4 Å². The van der Waals surface area contributed by atoms with Crippen molar-refractivity contribution in [2.75, 3.05) is 16.8 Å². The van der Waals surface area contributed by atoms with Crippen LogP contribution < -0.4 is 10.2 Å². The Labute approximate surface area is 179 Å². The maximum atomic E-state index is 5.62. The van der Waals surface area contributed by atoms with Gasteiger partial charge in [-0.05, 0) is 24.6 Å². The molecule has 9 heteroatoms. The molecule has 0 spiro atoms. The first-order chi connectivity index (χ1) is 15.0. The summed E-state index contributed by atoms with van der Waals surface area (Å²) < 4.78 is 5.62. The number of aromatic amines is 1. The zero-order valence-electron chi connectivity index (χ0n) is 17.7. The van der Waals surface area contributed by atoms with Gasteiger partial charge >= 0.3 is 0 Å². The van der Waals surface area contributed by atoms with Gasteiger partial charge in [-0.3, -0.25) is 10.1 Å². The van der Waals surface area contributed by atoms with Crippen molar-refractivity contribution >= 4 is 17.6 Å². The van der Waals surface area contributed by atoms with Gasteiger partial charge in [-0.2, -0.15) is 10.1 Å². The van der Waals surface area contributed by atoms with Crippen LogP contribution in [0, 0.1) is 0 Å². The smallest absolute Gasteiger partial charge is 0.227 e. The fraction of sp³-hybridized carbons (Fsp3) is 0.318. The highest BCUT2D eigenvalue weighted by Crippen LogP contribution is 2.37. The number of anilines is 3. The predicted octanol–water partition coefficient (Wildman–Crippen LogP) is 4.24. The summed E-state index contributed by atoms with van der Waals surface area (Å²) in [4.78, 5) is 15.6. The van der Waals surface area contributed by atoms with E-state index in [1.54, 1.807) is 12.4 Å². The fourth-order valence-corrected chi connectivity index (χ4v) is 3.46. The van der Waals surface area contributed by atoms with E-state index in [0.717, 1.165) is 41.6 Å². The zero-order valence-corrected chi connectivity index (χ0v) is 17.7. The van der Waals surface area contributed by atoms with Crippen LogP contribution >= 0.6 is 0 Å². The van der Waals surface area contributed by atoms with Gasteiger partial charge in [0.1, 0.15) is 11.5 Å². The molecule has 1 aliphatic heterocycles. The van der Waals surface area contributed by atoms with Crippen molar-refractivity contribution in [2.24, 2.45) is 0 Å². The number of pyridine rings is 1. The van der Waals surface area contributed by atoms with E-state index in [0.29, 0.717) is 11.8 Å². The summed E-state index contributed by atoms with van der Waals surface area (Å²) in [5.74, 6) is 2.85. The van der Waals surface area contributed by atoms with Crippen LogP contribution in [0.15, 0.2) is 53.3 Å². The standard InChI is InChI=1S/C22H24N8O/c1-22(2,3)18-13-20(28-27-18)25-19-7-10-24-21(26-19)30-11-8-16(30)17-12-15(29-31-17)14-6-4-5-9-23-14/h4-7,9-10,12-13,16H,8,11H2,1-3H3,(H2,24,25,26,27,28). The van der Waals surface area contributed by atoms with E-state index in [4.69, 9.17) is 4.52 Å². The first-order valence-electron chi connectivity index (χ1n) is 10.3. The molecule has 0 aliphatic carbocycles. The topological polar surface area (TPSA) is 109 Å².